The first-order chi connectivity index (χ1) is 13.0. The Morgan fingerprint density at radius 2 is 1.44 bits per heavy atom. The van der Waals surface area contributed by atoms with E-state index in [0.29, 0.717) is 18.0 Å². The molecular formula is C21H22N2O3S. The molecule has 0 aliphatic rings. The van der Waals surface area contributed by atoms with Crippen molar-refractivity contribution in [2.45, 2.75) is 11.8 Å². The van der Waals surface area contributed by atoms with Crippen molar-refractivity contribution >= 4 is 27.1 Å². The number of sulfonamides is 1. The SMILES string of the molecule is CCOc1ccc(S(=O)(=O)Nc2ccc(N(C)c3ccccc3)cc2)cc1. The van der Waals surface area contributed by atoms with E-state index in [1.807, 2.05) is 61.3 Å². The van der Waals surface area contributed by atoms with Gasteiger partial charge in [0.05, 0.1) is 11.5 Å². The zero-order chi connectivity index (χ0) is 19.3. The van der Waals surface area contributed by atoms with Crippen LogP contribution in [0.4, 0.5) is 17.1 Å². The number of hydrogen-bond donors (Lipinski definition) is 1. The van der Waals surface area contributed by atoms with Crippen LogP contribution in [0.2, 0.25) is 0 Å². The maximum absolute atomic E-state index is 12.5. The molecule has 0 atom stereocenters. The molecule has 3 rings (SSSR count). The molecule has 0 saturated carbocycles. The van der Waals surface area contributed by atoms with Gasteiger partial charge in [-0.15, -0.1) is 0 Å². The molecule has 0 aliphatic heterocycles. The minimum atomic E-state index is -3.65. The van der Waals surface area contributed by atoms with Gasteiger partial charge in [-0.3, -0.25) is 4.72 Å². The lowest BCUT2D eigenvalue weighted by atomic mass is 10.2. The molecule has 0 aromatic heterocycles. The molecule has 3 aromatic carbocycles. The molecule has 1 N–H and O–H groups in total. The molecule has 0 spiro atoms. The summed E-state index contributed by atoms with van der Waals surface area (Å²) in [5.74, 6) is 0.643. The van der Waals surface area contributed by atoms with E-state index in [0.717, 1.165) is 11.4 Å². The molecule has 27 heavy (non-hydrogen) atoms. The van der Waals surface area contributed by atoms with E-state index in [9.17, 15) is 8.42 Å². The van der Waals surface area contributed by atoms with Crippen molar-refractivity contribution in [3.8, 4) is 5.75 Å². The number of nitrogens with one attached hydrogen (secondary N) is 1. The summed E-state index contributed by atoms with van der Waals surface area (Å²) in [6, 6.07) is 23.6. The molecular weight excluding hydrogens is 360 g/mol. The molecule has 0 unspecified atom stereocenters. The van der Waals surface area contributed by atoms with Crippen LogP contribution in [-0.4, -0.2) is 22.1 Å². The molecule has 0 fully saturated rings. The van der Waals surface area contributed by atoms with Crippen molar-refractivity contribution < 1.29 is 13.2 Å². The largest absolute Gasteiger partial charge is 0.494 e. The second kappa shape index (κ2) is 8.14. The second-order valence-electron chi connectivity index (χ2n) is 5.95. The van der Waals surface area contributed by atoms with Gasteiger partial charge in [0.15, 0.2) is 0 Å². The topological polar surface area (TPSA) is 58.6 Å². The van der Waals surface area contributed by atoms with Gasteiger partial charge in [-0.1, -0.05) is 18.2 Å². The third-order valence-corrected chi connectivity index (χ3v) is 5.49. The van der Waals surface area contributed by atoms with E-state index >= 15 is 0 Å². The van der Waals surface area contributed by atoms with Crippen LogP contribution < -0.4 is 14.4 Å². The molecule has 0 amide bonds. The minimum absolute atomic E-state index is 0.191. The number of ether oxygens (including phenoxy) is 1. The van der Waals surface area contributed by atoms with Gasteiger partial charge in [-0.05, 0) is 67.6 Å². The van der Waals surface area contributed by atoms with Crippen LogP contribution in [0.15, 0.2) is 83.8 Å². The van der Waals surface area contributed by atoms with Crippen LogP contribution in [0.1, 0.15) is 6.92 Å². The summed E-state index contributed by atoms with van der Waals surface area (Å²) in [7, 11) is -1.68. The van der Waals surface area contributed by atoms with Crippen molar-refractivity contribution in [1.29, 1.82) is 0 Å². The highest BCUT2D eigenvalue weighted by atomic mass is 32.2. The monoisotopic (exact) mass is 382 g/mol. The zero-order valence-electron chi connectivity index (χ0n) is 15.3. The Bertz CT molecular complexity index is 970. The Balaban J connectivity index is 1.73. The lowest BCUT2D eigenvalue weighted by Gasteiger charge is -2.19. The summed E-state index contributed by atoms with van der Waals surface area (Å²) in [5.41, 5.74) is 2.53. The van der Waals surface area contributed by atoms with Crippen molar-refractivity contribution in [1.82, 2.24) is 0 Å². The Morgan fingerprint density at radius 1 is 0.852 bits per heavy atom. The lowest BCUT2D eigenvalue weighted by molar-refractivity contribution is 0.340. The van der Waals surface area contributed by atoms with E-state index in [1.54, 1.807) is 24.3 Å². The molecule has 3 aromatic rings. The van der Waals surface area contributed by atoms with Crippen LogP contribution >= 0.6 is 0 Å². The third-order valence-electron chi connectivity index (χ3n) is 4.10. The van der Waals surface area contributed by atoms with E-state index in [2.05, 4.69) is 4.72 Å². The van der Waals surface area contributed by atoms with Crippen molar-refractivity contribution in [3.63, 3.8) is 0 Å². The molecule has 0 saturated heterocycles. The molecule has 0 radical (unpaired) electrons. The standard InChI is InChI=1S/C21H22N2O3S/c1-3-26-20-13-15-21(16-14-20)27(24,25)22-17-9-11-19(12-10-17)23(2)18-7-5-4-6-8-18/h4-16,22H,3H2,1-2H3. The van der Waals surface area contributed by atoms with Crippen molar-refractivity contribution in [2.24, 2.45) is 0 Å². The molecule has 0 heterocycles. The first-order valence-corrected chi connectivity index (χ1v) is 10.1. The fraction of sp³-hybridized carbons (Fsp3) is 0.143. The Labute approximate surface area is 160 Å². The number of hydrogen-bond acceptors (Lipinski definition) is 4. The summed E-state index contributed by atoms with van der Waals surface area (Å²) in [4.78, 5) is 2.22. The number of rotatable bonds is 7. The smallest absolute Gasteiger partial charge is 0.261 e. The fourth-order valence-corrected chi connectivity index (χ4v) is 3.71. The first kappa shape index (κ1) is 18.8. The molecule has 5 nitrogen and oxygen atoms in total. The summed E-state index contributed by atoms with van der Waals surface area (Å²) in [6.45, 7) is 2.42. The highest BCUT2D eigenvalue weighted by Crippen LogP contribution is 2.26. The Hall–Kier alpha value is -2.99. The van der Waals surface area contributed by atoms with Gasteiger partial charge in [-0.25, -0.2) is 8.42 Å². The van der Waals surface area contributed by atoms with Crippen LogP contribution in [0.25, 0.3) is 0 Å². The molecule has 0 bridgehead atoms. The average molecular weight is 382 g/mol. The lowest BCUT2D eigenvalue weighted by Crippen LogP contribution is -2.13. The maximum Gasteiger partial charge on any atom is 0.261 e. The Kier molecular flexibility index (Phi) is 5.66. The first-order valence-electron chi connectivity index (χ1n) is 8.64. The van der Waals surface area contributed by atoms with Gasteiger partial charge in [0.2, 0.25) is 0 Å². The second-order valence-corrected chi connectivity index (χ2v) is 7.63. The normalized spacial score (nSPS) is 11.0. The fourth-order valence-electron chi connectivity index (χ4n) is 2.65. The van der Waals surface area contributed by atoms with Crippen LogP contribution in [0.3, 0.4) is 0 Å². The molecule has 140 valence electrons. The van der Waals surface area contributed by atoms with Crippen LogP contribution in [0.5, 0.6) is 5.75 Å². The quantitative estimate of drug-likeness (QED) is 0.646. The van der Waals surface area contributed by atoms with E-state index in [1.165, 1.54) is 12.1 Å². The average Bonchev–Trinajstić information content (AvgIpc) is 2.69. The van der Waals surface area contributed by atoms with Gasteiger partial charge >= 0.3 is 0 Å². The number of para-hydroxylation sites is 1. The van der Waals surface area contributed by atoms with Gasteiger partial charge < -0.3 is 9.64 Å². The van der Waals surface area contributed by atoms with Gasteiger partial charge in [-0.2, -0.15) is 0 Å². The van der Waals surface area contributed by atoms with Crippen LogP contribution in [0, 0.1) is 0 Å². The highest BCUT2D eigenvalue weighted by Gasteiger charge is 2.14. The summed E-state index contributed by atoms with van der Waals surface area (Å²) >= 11 is 0. The predicted molar refractivity (Wildman–Crippen MR) is 109 cm³/mol. The van der Waals surface area contributed by atoms with E-state index in [4.69, 9.17) is 4.74 Å². The Morgan fingerprint density at radius 3 is 2.04 bits per heavy atom. The van der Waals surface area contributed by atoms with Crippen LogP contribution in [-0.2, 0) is 10.0 Å². The predicted octanol–water partition coefficient (Wildman–Crippen LogP) is 4.65. The minimum Gasteiger partial charge on any atom is -0.494 e. The maximum atomic E-state index is 12.5. The summed E-state index contributed by atoms with van der Waals surface area (Å²) in [6.07, 6.45) is 0. The van der Waals surface area contributed by atoms with Gasteiger partial charge in [0.25, 0.3) is 10.0 Å². The highest BCUT2D eigenvalue weighted by molar-refractivity contribution is 7.92. The van der Waals surface area contributed by atoms with E-state index < -0.39 is 10.0 Å². The van der Waals surface area contributed by atoms with Gasteiger partial charge in [0.1, 0.15) is 5.75 Å². The van der Waals surface area contributed by atoms with E-state index in [-0.39, 0.29) is 4.90 Å². The molecule has 6 heteroatoms. The third kappa shape index (κ3) is 4.60. The van der Waals surface area contributed by atoms with Crippen molar-refractivity contribution in [2.75, 3.05) is 23.3 Å². The van der Waals surface area contributed by atoms with Gasteiger partial charge in [0, 0.05) is 24.1 Å². The number of benzene rings is 3. The zero-order valence-corrected chi connectivity index (χ0v) is 16.1. The number of anilines is 3. The van der Waals surface area contributed by atoms with Crippen molar-refractivity contribution in [3.05, 3.63) is 78.9 Å². The number of nitrogens with zero attached hydrogens (tertiary/aromatic N) is 1. The summed E-state index contributed by atoms with van der Waals surface area (Å²) < 4.78 is 33.0. The summed E-state index contributed by atoms with van der Waals surface area (Å²) in [5, 5.41) is 0. The molecule has 0 aliphatic carbocycles.